The van der Waals surface area contributed by atoms with Gasteiger partial charge in [0.2, 0.25) is 5.91 Å². The van der Waals surface area contributed by atoms with Gasteiger partial charge in [0.15, 0.2) is 12.4 Å². The number of benzene rings is 1. The number of hydrogen-bond donors (Lipinski definition) is 2. The summed E-state index contributed by atoms with van der Waals surface area (Å²) in [6, 6.07) is 7.25. The van der Waals surface area contributed by atoms with Crippen molar-refractivity contribution in [1.82, 2.24) is 5.32 Å². The predicted molar refractivity (Wildman–Crippen MR) is 101 cm³/mol. The van der Waals surface area contributed by atoms with Crippen LogP contribution in [0.15, 0.2) is 24.3 Å². The Morgan fingerprint density at radius 1 is 1.32 bits per heavy atom. The lowest BCUT2D eigenvalue weighted by Crippen LogP contribution is -2.52. The van der Waals surface area contributed by atoms with Gasteiger partial charge in [-0.25, -0.2) is 4.79 Å². The molecule has 1 aromatic rings. The second-order valence-corrected chi connectivity index (χ2v) is 7.27. The minimum atomic E-state index is -1.27. The molecule has 3 atom stereocenters. The van der Waals surface area contributed by atoms with Crippen molar-refractivity contribution < 1.29 is 33.6 Å². The molecule has 8 heteroatoms. The van der Waals surface area contributed by atoms with Crippen molar-refractivity contribution in [2.45, 2.75) is 45.7 Å². The molecule has 0 aromatic heterocycles. The second-order valence-electron chi connectivity index (χ2n) is 7.27. The molecular weight excluding hydrogens is 366 g/mol. The molecule has 0 saturated carbocycles. The summed E-state index contributed by atoms with van der Waals surface area (Å²) >= 11 is 0. The molecule has 1 heterocycles. The zero-order valence-electron chi connectivity index (χ0n) is 16.8. The zero-order valence-corrected chi connectivity index (χ0v) is 16.8. The van der Waals surface area contributed by atoms with Crippen LogP contribution in [0.1, 0.15) is 39.0 Å². The fraction of sp³-hybridized carbons (Fsp3) is 0.600. The highest BCUT2D eigenvalue weighted by molar-refractivity contribution is 5.82. The Kier molecular flexibility index (Phi) is 7.79. The Labute approximate surface area is 165 Å². The number of esters is 1. The number of rotatable bonds is 8. The number of aliphatic hydroxyl groups excluding tert-OH is 1. The van der Waals surface area contributed by atoms with Crippen LogP contribution in [0.3, 0.4) is 0 Å². The van der Waals surface area contributed by atoms with Gasteiger partial charge in [0.1, 0.15) is 11.9 Å². The van der Waals surface area contributed by atoms with Crippen LogP contribution in [-0.2, 0) is 23.8 Å². The molecule has 1 saturated heterocycles. The SMILES string of the molecule is CCOC(=O)C(O)CCNC(=O)C1OC(c2ccc(OC)cc2)OCC1(C)C. The summed E-state index contributed by atoms with van der Waals surface area (Å²) in [4.78, 5) is 24.1. The molecule has 0 aliphatic carbocycles. The smallest absolute Gasteiger partial charge is 0.335 e. The van der Waals surface area contributed by atoms with Crippen LogP contribution in [0, 0.1) is 5.41 Å². The van der Waals surface area contributed by atoms with Gasteiger partial charge in [0.05, 0.1) is 20.3 Å². The topological polar surface area (TPSA) is 103 Å². The van der Waals surface area contributed by atoms with E-state index in [2.05, 4.69) is 5.32 Å². The molecule has 1 amide bonds. The second kappa shape index (κ2) is 9.86. The Hall–Kier alpha value is -2.16. The minimum Gasteiger partial charge on any atom is -0.497 e. The third-order valence-electron chi connectivity index (χ3n) is 4.48. The number of hydrogen-bond acceptors (Lipinski definition) is 7. The fourth-order valence-electron chi connectivity index (χ4n) is 2.85. The first-order valence-corrected chi connectivity index (χ1v) is 9.32. The molecule has 0 spiro atoms. The lowest BCUT2D eigenvalue weighted by Gasteiger charge is -2.41. The minimum absolute atomic E-state index is 0.0656. The van der Waals surface area contributed by atoms with Crippen LogP contribution in [0.4, 0.5) is 0 Å². The normalized spacial score (nSPS) is 22.2. The van der Waals surface area contributed by atoms with Gasteiger partial charge in [-0.2, -0.15) is 0 Å². The van der Waals surface area contributed by atoms with Gasteiger partial charge in [-0.05, 0) is 19.1 Å². The predicted octanol–water partition coefficient (Wildman–Crippen LogP) is 1.57. The summed E-state index contributed by atoms with van der Waals surface area (Å²) in [6.45, 7) is 6.09. The summed E-state index contributed by atoms with van der Waals surface area (Å²) < 4.78 is 21.6. The Morgan fingerprint density at radius 3 is 2.61 bits per heavy atom. The largest absolute Gasteiger partial charge is 0.497 e. The average molecular weight is 395 g/mol. The van der Waals surface area contributed by atoms with Crippen molar-refractivity contribution in [3.05, 3.63) is 29.8 Å². The van der Waals surface area contributed by atoms with Crippen LogP contribution in [0.2, 0.25) is 0 Å². The van der Waals surface area contributed by atoms with E-state index in [1.165, 1.54) is 0 Å². The van der Waals surface area contributed by atoms with Gasteiger partial charge in [-0.3, -0.25) is 4.79 Å². The van der Waals surface area contributed by atoms with Crippen LogP contribution < -0.4 is 10.1 Å². The van der Waals surface area contributed by atoms with E-state index in [0.29, 0.717) is 12.4 Å². The third kappa shape index (κ3) is 5.67. The summed E-state index contributed by atoms with van der Waals surface area (Å²) in [5.74, 6) is -0.295. The monoisotopic (exact) mass is 395 g/mol. The number of carbonyl (C=O) groups excluding carboxylic acids is 2. The van der Waals surface area contributed by atoms with Gasteiger partial charge < -0.3 is 29.4 Å². The van der Waals surface area contributed by atoms with E-state index in [1.807, 2.05) is 26.0 Å². The van der Waals surface area contributed by atoms with Crippen molar-refractivity contribution in [1.29, 1.82) is 0 Å². The molecule has 1 aliphatic heterocycles. The summed E-state index contributed by atoms with van der Waals surface area (Å²) in [7, 11) is 1.59. The van der Waals surface area contributed by atoms with Gasteiger partial charge >= 0.3 is 5.97 Å². The summed E-state index contributed by atoms with van der Waals surface area (Å²) in [5, 5.41) is 12.4. The average Bonchev–Trinajstić information content (AvgIpc) is 2.68. The van der Waals surface area contributed by atoms with Crippen molar-refractivity contribution in [3.8, 4) is 5.75 Å². The van der Waals surface area contributed by atoms with Gasteiger partial charge in [0.25, 0.3) is 0 Å². The number of ether oxygens (including phenoxy) is 4. The molecule has 8 nitrogen and oxygen atoms in total. The van der Waals surface area contributed by atoms with Crippen molar-refractivity contribution in [2.75, 3.05) is 26.9 Å². The lowest BCUT2D eigenvalue weighted by molar-refractivity contribution is -0.258. The highest BCUT2D eigenvalue weighted by atomic mass is 16.7. The maximum absolute atomic E-state index is 12.7. The molecule has 1 aromatic carbocycles. The first kappa shape index (κ1) is 22.1. The lowest BCUT2D eigenvalue weighted by atomic mass is 9.85. The van der Waals surface area contributed by atoms with E-state index in [0.717, 1.165) is 5.56 Å². The van der Waals surface area contributed by atoms with E-state index in [9.17, 15) is 14.7 Å². The van der Waals surface area contributed by atoms with E-state index in [4.69, 9.17) is 18.9 Å². The quantitative estimate of drug-likeness (QED) is 0.644. The molecule has 28 heavy (non-hydrogen) atoms. The van der Waals surface area contributed by atoms with Gasteiger partial charge in [-0.15, -0.1) is 0 Å². The Balaban J connectivity index is 1.94. The standard InChI is InChI=1S/C20H29NO7/c1-5-26-18(24)15(22)10-11-21-17(23)16-20(2,3)12-27-19(28-16)13-6-8-14(25-4)9-7-13/h6-9,15-16,19,22H,5,10-12H2,1-4H3,(H,21,23). The maximum Gasteiger partial charge on any atom is 0.335 e. The molecular formula is C20H29NO7. The van der Waals surface area contributed by atoms with Crippen LogP contribution >= 0.6 is 0 Å². The van der Waals surface area contributed by atoms with Crippen molar-refractivity contribution >= 4 is 11.9 Å². The molecule has 1 aliphatic rings. The van der Waals surface area contributed by atoms with E-state index < -0.39 is 29.9 Å². The zero-order chi connectivity index (χ0) is 20.7. The first-order chi connectivity index (χ1) is 13.3. The number of amides is 1. The van der Waals surface area contributed by atoms with E-state index in [1.54, 1.807) is 26.2 Å². The maximum atomic E-state index is 12.7. The first-order valence-electron chi connectivity index (χ1n) is 9.32. The number of nitrogens with one attached hydrogen (secondary N) is 1. The molecule has 2 rings (SSSR count). The van der Waals surface area contributed by atoms with Crippen molar-refractivity contribution in [2.24, 2.45) is 5.41 Å². The van der Waals surface area contributed by atoms with Gasteiger partial charge in [0, 0.05) is 23.9 Å². The Bertz CT molecular complexity index is 659. The van der Waals surface area contributed by atoms with Crippen LogP contribution in [-0.4, -0.2) is 56.1 Å². The van der Waals surface area contributed by atoms with Crippen LogP contribution in [0.5, 0.6) is 5.75 Å². The molecule has 156 valence electrons. The fourth-order valence-corrected chi connectivity index (χ4v) is 2.85. The van der Waals surface area contributed by atoms with Gasteiger partial charge in [-0.1, -0.05) is 26.0 Å². The van der Waals surface area contributed by atoms with Crippen molar-refractivity contribution in [3.63, 3.8) is 0 Å². The van der Waals surface area contributed by atoms with Crippen LogP contribution in [0.25, 0.3) is 0 Å². The molecule has 0 radical (unpaired) electrons. The highest BCUT2D eigenvalue weighted by Gasteiger charge is 2.43. The molecule has 0 bridgehead atoms. The molecule has 2 N–H and O–H groups in total. The summed E-state index contributed by atoms with van der Waals surface area (Å²) in [6.07, 6.45) is -2.61. The number of methoxy groups -OCH3 is 1. The highest BCUT2D eigenvalue weighted by Crippen LogP contribution is 2.36. The van der Waals surface area contributed by atoms with E-state index >= 15 is 0 Å². The number of carbonyl (C=O) groups is 2. The molecule has 1 fully saturated rings. The summed E-state index contributed by atoms with van der Waals surface area (Å²) in [5.41, 5.74) is 0.249. The third-order valence-corrected chi connectivity index (χ3v) is 4.48. The van der Waals surface area contributed by atoms with E-state index in [-0.39, 0.29) is 25.5 Å². The Morgan fingerprint density at radius 2 is 2.00 bits per heavy atom. The molecule has 3 unspecified atom stereocenters. The number of aliphatic hydroxyl groups is 1.